The van der Waals surface area contributed by atoms with Gasteiger partial charge in [0.15, 0.2) is 0 Å². The normalized spacial score (nSPS) is 10.6. The van der Waals surface area contributed by atoms with Crippen LogP contribution in [-0.2, 0) is 0 Å². The van der Waals surface area contributed by atoms with Crippen LogP contribution >= 0.6 is 11.9 Å². The highest BCUT2D eigenvalue weighted by Gasteiger charge is 1.90. The van der Waals surface area contributed by atoms with Crippen LogP contribution in [0.1, 0.15) is 58.3 Å². The summed E-state index contributed by atoms with van der Waals surface area (Å²) in [5.41, 5.74) is 0. The van der Waals surface area contributed by atoms with Crippen LogP contribution in [0.3, 0.4) is 0 Å². The molecule has 0 unspecified atom stereocenters. The third-order valence-electron chi connectivity index (χ3n) is 2.28. The second kappa shape index (κ2) is 12.3. The number of nitrogens with one attached hydrogen (secondary N) is 1. The van der Waals surface area contributed by atoms with Crippen molar-refractivity contribution >= 4 is 11.9 Å². The van der Waals surface area contributed by atoms with Gasteiger partial charge in [-0.05, 0) is 12.7 Å². The maximum absolute atomic E-state index is 3.28. The molecule has 0 amide bonds. The van der Waals surface area contributed by atoms with E-state index in [9.17, 15) is 0 Å². The number of unbranched alkanes of at least 4 members (excludes halogenated alkanes) is 7. The summed E-state index contributed by atoms with van der Waals surface area (Å²) in [5.74, 6) is 0. The van der Waals surface area contributed by atoms with E-state index >= 15 is 0 Å². The van der Waals surface area contributed by atoms with Gasteiger partial charge in [0, 0.05) is 6.54 Å². The van der Waals surface area contributed by atoms with Crippen molar-refractivity contribution in [1.29, 1.82) is 0 Å². The van der Waals surface area contributed by atoms with E-state index in [2.05, 4.69) is 17.9 Å². The third-order valence-corrected chi connectivity index (χ3v) is 2.77. The topological polar surface area (TPSA) is 12.0 Å². The average Bonchev–Trinajstić information content (AvgIpc) is 2.16. The molecule has 0 fully saturated rings. The van der Waals surface area contributed by atoms with Crippen molar-refractivity contribution in [3.63, 3.8) is 0 Å². The summed E-state index contributed by atoms with van der Waals surface area (Å²) in [4.78, 5) is 0. The van der Waals surface area contributed by atoms with E-state index in [1.165, 1.54) is 57.9 Å². The molecule has 0 aliphatic rings. The zero-order valence-electron chi connectivity index (χ0n) is 9.27. The lowest BCUT2D eigenvalue weighted by Crippen LogP contribution is -2.03. The Balaban J connectivity index is 2.76. The minimum atomic E-state index is 1.18. The van der Waals surface area contributed by atoms with Crippen LogP contribution in [0.5, 0.6) is 0 Å². The lowest BCUT2D eigenvalue weighted by molar-refractivity contribution is 0.575. The molecule has 0 aromatic rings. The van der Waals surface area contributed by atoms with Crippen LogP contribution in [0.15, 0.2) is 0 Å². The Morgan fingerprint density at radius 3 is 1.92 bits per heavy atom. The van der Waals surface area contributed by atoms with Gasteiger partial charge in [0.25, 0.3) is 0 Å². The van der Waals surface area contributed by atoms with Gasteiger partial charge >= 0.3 is 0 Å². The molecule has 1 N–H and O–H groups in total. The fraction of sp³-hybridized carbons (Fsp3) is 1.00. The first-order valence-corrected chi connectivity index (χ1v) is 6.90. The number of rotatable bonds is 10. The fourth-order valence-electron chi connectivity index (χ4n) is 1.43. The maximum atomic E-state index is 3.28. The second-order valence-corrected chi connectivity index (χ2v) is 4.27. The molecule has 0 saturated carbocycles. The van der Waals surface area contributed by atoms with Gasteiger partial charge in [-0.1, -0.05) is 63.8 Å². The van der Waals surface area contributed by atoms with E-state index in [0.29, 0.717) is 0 Å². The van der Waals surface area contributed by atoms with E-state index in [0.717, 1.165) is 0 Å². The molecule has 80 valence electrons. The van der Waals surface area contributed by atoms with Gasteiger partial charge in [-0.3, -0.25) is 4.72 Å². The number of hydrogen-bond donors (Lipinski definition) is 1. The van der Waals surface area contributed by atoms with Gasteiger partial charge in [0.1, 0.15) is 0 Å². The molecule has 0 bridgehead atoms. The quantitative estimate of drug-likeness (QED) is 0.425. The monoisotopic (exact) mass is 203 g/mol. The van der Waals surface area contributed by atoms with Crippen molar-refractivity contribution in [3.8, 4) is 0 Å². The lowest BCUT2D eigenvalue weighted by Gasteiger charge is -2.01. The molecule has 0 radical (unpaired) electrons. The van der Waals surface area contributed by atoms with Crippen LogP contribution in [0, 0.1) is 0 Å². The smallest absolute Gasteiger partial charge is 0.00584 e. The van der Waals surface area contributed by atoms with Gasteiger partial charge in [-0.15, -0.1) is 0 Å². The molecule has 0 aromatic heterocycles. The molecular formula is C11H25NS. The summed E-state index contributed by atoms with van der Waals surface area (Å²) in [5, 5.41) is 0. The molecular weight excluding hydrogens is 178 g/mol. The maximum Gasteiger partial charge on any atom is 0.00584 e. The first-order chi connectivity index (χ1) is 6.41. The Kier molecular flexibility index (Phi) is 12.6. The van der Waals surface area contributed by atoms with Crippen molar-refractivity contribution in [2.75, 3.05) is 12.8 Å². The highest BCUT2D eigenvalue weighted by molar-refractivity contribution is 7.96. The third kappa shape index (κ3) is 12.3. The molecule has 0 spiro atoms. The first kappa shape index (κ1) is 13.3. The van der Waals surface area contributed by atoms with E-state index in [1.807, 2.05) is 0 Å². The Labute approximate surface area is 88.2 Å². The summed E-state index contributed by atoms with van der Waals surface area (Å²) in [6.45, 7) is 3.45. The Morgan fingerprint density at radius 2 is 1.38 bits per heavy atom. The van der Waals surface area contributed by atoms with Crippen LogP contribution < -0.4 is 4.72 Å². The highest BCUT2D eigenvalue weighted by Crippen LogP contribution is 2.07. The average molecular weight is 203 g/mol. The zero-order chi connectivity index (χ0) is 9.78. The molecule has 2 heteroatoms. The second-order valence-electron chi connectivity index (χ2n) is 3.57. The SMILES string of the molecule is CCCCCCCCCCNSC. The summed E-state index contributed by atoms with van der Waals surface area (Å²) < 4.78 is 3.28. The van der Waals surface area contributed by atoms with Crippen molar-refractivity contribution in [2.45, 2.75) is 58.3 Å². The molecule has 0 aliphatic heterocycles. The summed E-state index contributed by atoms with van der Waals surface area (Å²) in [6, 6.07) is 0. The van der Waals surface area contributed by atoms with Crippen LogP contribution in [-0.4, -0.2) is 12.8 Å². The van der Waals surface area contributed by atoms with Crippen LogP contribution in [0.2, 0.25) is 0 Å². The number of hydrogen-bond acceptors (Lipinski definition) is 2. The first-order valence-electron chi connectivity index (χ1n) is 5.67. The zero-order valence-corrected chi connectivity index (χ0v) is 10.1. The molecule has 1 nitrogen and oxygen atoms in total. The van der Waals surface area contributed by atoms with Crippen LogP contribution in [0.4, 0.5) is 0 Å². The van der Waals surface area contributed by atoms with Gasteiger partial charge in [-0.2, -0.15) is 0 Å². The molecule has 0 rings (SSSR count). The Morgan fingerprint density at radius 1 is 0.846 bits per heavy atom. The standard InChI is InChI=1S/C11H25NS/c1-3-4-5-6-7-8-9-10-11-12-13-2/h12H,3-11H2,1-2H3. The highest BCUT2D eigenvalue weighted by atomic mass is 32.2. The Bertz CT molecular complexity index is 76.2. The molecule has 0 aliphatic carbocycles. The van der Waals surface area contributed by atoms with E-state index in [1.54, 1.807) is 11.9 Å². The minimum Gasteiger partial charge on any atom is -0.264 e. The van der Waals surface area contributed by atoms with E-state index in [-0.39, 0.29) is 0 Å². The summed E-state index contributed by atoms with van der Waals surface area (Å²) in [6.07, 6.45) is 13.4. The lowest BCUT2D eigenvalue weighted by atomic mass is 10.1. The van der Waals surface area contributed by atoms with Crippen molar-refractivity contribution < 1.29 is 0 Å². The van der Waals surface area contributed by atoms with Crippen molar-refractivity contribution in [3.05, 3.63) is 0 Å². The van der Waals surface area contributed by atoms with Crippen molar-refractivity contribution in [2.24, 2.45) is 0 Å². The summed E-state index contributed by atoms with van der Waals surface area (Å²) in [7, 11) is 0. The van der Waals surface area contributed by atoms with Gasteiger partial charge < -0.3 is 0 Å². The van der Waals surface area contributed by atoms with Gasteiger partial charge in [0.2, 0.25) is 0 Å². The predicted octanol–water partition coefficient (Wildman–Crippen LogP) is 3.99. The van der Waals surface area contributed by atoms with E-state index in [4.69, 9.17) is 0 Å². The van der Waals surface area contributed by atoms with Crippen molar-refractivity contribution in [1.82, 2.24) is 4.72 Å². The van der Waals surface area contributed by atoms with Gasteiger partial charge in [0.05, 0.1) is 0 Å². The largest absolute Gasteiger partial charge is 0.264 e. The molecule has 0 saturated heterocycles. The molecule has 0 atom stereocenters. The summed E-state index contributed by atoms with van der Waals surface area (Å²) >= 11 is 1.73. The molecule has 13 heavy (non-hydrogen) atoms. The fourth-order valence-corrected chi connectivity index (χ4v) is 1.78. The van der Waals surface area contributed by atoms with Crippen LogP contribution in [0.25, 0.3) is 0 Å². The Hall–Kier alpha value is 0.310. The predicted molar refractivity (Wildman–Crippen MR) is 64.1 cm³/mol. The molecule has 0 heterocycles. The molecule has 0 aromatic carbocycles. The van der Waals surface area contributed by atoms with E-state index < -0.39 is 0 Å². The van der Waals surface area contributed by atoms with Gasteiger partial charge in [-0.25, -0.2) is 0 Å². The minimum absolute atomic E-state index is 1.18.